The van der Waals surface area contributed by atoms with Gasteiger partial charge < -0.3 is 15.4 Å². The molecule has 5 heteroatoms. The number of pyridine rings is 1. The Morgan fingerprint density at radius 2 is 2.37 bits per heavy atom. The molecule has 19 heavy (non-hydrogen) atoms. The number of rotatable bonds is 3. The highest BCUT2D eigenvalue weighted by atomic mass is 16.5. The Balaban J connectivity index is 2.07. The first-order chi connectivity index (χ1) is 8.93. The van der Waals surface area contributed by atoms with E-state index < -0.39 is 5.41 Å². The number of carbonyl (C=O) groups is 1. The van der Waals surface area contributed by atoms with Crippen LogP contribution in [-0.4, -0.2) is 42.1 Å². The molecule has 2 atom stereocenters. The summed E-state index contributed by atoms with van der Waals surface area (Å²) in [4.78, 5) is 18.6. The van der Waals surface area contributed by atoms with Crippen molar-refractivity contribution >= 4 is 5.91 Å². The number of ether oxygens (including phenoxy) is 1. The van der Waals surface area contributed by atoms with E-state index in [1.807, 2.05) is 32.0 Å². The number of nitrogens with zero attached hydrogens (tertiary/aromatic N) is 2. The maximum Gasteiger partial charge on any atom is 0.232 e. The van der Waals surface area contributed by atoms with Gasteiger partial charge in [-0.2, -0.15) is 0 Å². The second-order valence-corrected chi connectivity index (χ2v) is 5.47. The monoisotopic (exact) mass is 263 g/mol. The second-order valence-electron chi connectivity index (χ2n) is 5.47. The molecular formula is C14H21N3O2. The van der Waals surface area contributed by atoms with Gasteiger partial charge in [-0.25, -0.2) is 0 Å². The topological polar surface area (TPSA) is 68.5 Å². The van der Waals surface area contributed by atoms with E-state index in [1.54, 1.807) is 11.9 Å². The summed E-state index contributed by atoms with van der Waals surface area (Å²) < 4.78 is 5.32. The fourth-order valence-electron chi connectivity index (χ4n) is 2.35. The third-order valence-electron chi connectivity index (χ3n) is 3.70. The first-order valence-corrected chi connectivity index (χ1v) is 6.45. The zero-order valence-corrected chi connectivity index (χ0v) is 11.7. The highest BCUT2D eigenvalue weighted by Crippen LogP contribution is 2.29. The van der Waals surface area contributed by atoms with Crippen molar-refractivity contribution in [3.05, 3.63) is 29.6 Å². The van der Waals surface area contributed by atoms with E-state index in [-0.39, 0.29) is 11.9 Å². The largest absolute Gasteiger partial charge is 0.379 e. The molecule has 1 saturated heterocycles. The molecule has 0 aliphatic carbocycles. The van der Waals surface area contributed by atoms with Gasteiger partial charge in [0.25, 0.3) is 0 Å². The number of aryl methyl sites for hydroxylation is 1. The molecule has 5 nitrogen and oxygen atoms in total. The van der Waals surface area contributed by atoms with Gasteiger partial charge in [0.15, 0.2) is 0 Å². The maximum atomic E-state index is 12.5. The first kappa shape index (κ1) is 14.0. The summed E-state index contributed by atoms with van der Waals surface area (Å²) in [6.45, 7) is 5.13. The molecule has 2 unspecified atom stereocenters. The van der Waals surface area contributed by atoms with Gasteiger partial charge >= 0.3 is 0 Å². The molecule has 0 radical (unpaired) electrons. The van der Waals surface area contributed by atoms with E-state index in [4.69, 9.17) is 10.5 Å². The second kappa shape index (κ2) is 5.27. The molecule has 1 aliphatic heterocycles. The lowest BCUT2D eigenvalue weighted by molar-refractivity contribution is -0.141. The van der Waals surface area contributed by atoms with Crippen molar-refractivity contribution in [2.24, 2.45) is 11.1 Å². The quantitative estimate of drug-likeness (QED) is 0.872. The molecule has 0 aromatic carbocycles. The smallest absolute Gasteiger partial charge is 0.232 e. The molecule has 2 rings (SSSR count). The lowest BCUT2D eigenvalue weighted by atomic mass is 9.84. The van der Waals surface area contributed by atoms with Crippen molar-refractivity contribution in [2.75, 3.05) is 20.3 Å². The van der Waals surface area contributed by atoms with Crippen molar-refractivity contribution < 1.29 is 9.53 Å². The molecule has 0 saturated carbocycles. The summed E-state index contributed by atoms with van der Waals surface area (Å²) in [5, 5.41) is 0. The Morgan fingerprint density at radius 3 is 2.95 bits per heavy atom. The summed E-state index contributed by atoms with van der Waals surface area (Å²) in [5.74, 6) is 0.0146. The molecule has 1 aromatic heterocycles. The molecular weight excluding hydrogens is 242 g/mol. The number of hydrogen-bond acceptors (Lipinski definition) is 4. The van der Waals surface area contributed by atoms with Crippen LogP contribution in [0.25, 0.3) is 0 Å². The van der Waals surface area contributed by atoms with Gasteiger partial charge in [-0.1, -0.05) is 6.07 Å². The summed E-state index contributed by atoms with van der Waals surface area (Å²) >= 11 is 0. The molecule has 1 aromatic rings. The lowest BCUT2D eigenvalue weighted by Gasteiger charge is -2.30. The molecule has 0 spiro atoms. The van der Waals surface area contributed by atoms with Crippen LogP contribution in [0.4, 0.5) is 0 Å². The minimum atomic E-state index is -0.626. The zero-order chi connectivity index (χ0) is 14.0. The van der Waals surface area contributed by atoms with Crippen molar-refractivity contribution in [1.29, 1.82) is 0 Å². The molecule has 1 fully saturated rings. The number of nitrogens with two attached hydrogens (primary N) is 1. The Kier molecular flexibility index (Phi) is 3.87. The van der Waals surface area contributed by atoms with Gasteiger partial charge in [0, 0.05) is 18.8 Å². The van der Waals surface area contributed by atoms with Crippen LogP contribution in [-0.2, 0) is 16.1 Å². The van der Waals surface area contributed by atoms with Crippen molar-refractivity contribution in [1.82, 2.24) is 9.88 Å². The van der Waals surface area contributed by atoms with Crippen molar-refractivity contribution in [3.63, 3.8) is 0 Å². The molecule has 2 heterocycles. The van der Waals surface area contributed by atoms with E-state index in [0.29, 0.717) is 19.8 Å². The molecule has 2 N–H and O–H groups in total. The Morgan fingerprint density at radius 1 is 1.63 bits per heavy atom. The van der Waals surface area contributed by atoms with Gasteiger partial charge in [-0.15, -0.1) is 0 Å². The van der Waals surface area contributed by atoms with Crippen molar-refractivity contribution in [3.8, 4) is 0 Å². The summed E-state index contributed by atoms with van der Waals surface area (Å²) in [5.41, 5.74) is 7.19. The fraction of sp³-hybridized carbons (Fsp3) is 0.571. The SMILES string of the molecule is Cc1cccc(CN(C)C(=O)C2(C)COCC2N)n1. The number of amides is 1. The lowest BCUT2D eigenvalue weighted by Crippen LogP contribution is -2.50. The minimum Gasteiger partial charge on any atom is -0.379 e. The Labute approximate surface area is 113 Å². The van der Waals surface area contributed by atoms with Gasteiger partial charge in [0.2, 0.25) is 5.91 Å². The highest BCUT2D eigenvalue weighted by molar-refractivity contribution is 5.83. The zero-order valence-electron chi connectivity index (χ0n) is 11.7. The van der Waals surface area contributed by atoms with Crippen LogP contribution in [0.5, 0.6) is 0 Å². The molecule has 1 amide bonds. The third kappa shape index (κ3) is 2.77. The van der Waals surface area contributed by atoms with Crippen LogP contribution in [0, 0.1) is 12.3 Å². The van der Waals surface area contributed by atoms with E-state index in [2.05, 4.69) is 4.98 Å². The van der Waals surface area contributed by atoms with E-state index in [9.17, 15) is 4.79 Å². The van der Waals surface area contributed by atoms with Crippen LogP contribution >= 0.6 is 0 Å². The van der Waals surface area contributed by atoms with Crippen LogP contribution in [0.15, 0.2) is 18.2 Å². The predicted octanol–water partition coefficient (Wildman–Crippen LogP) is 0.712. The summed E-state index contributed by atoms with van der Waals surface area (Å²) in [6, 6.07) is 5.56. The minimum absolute atomic E-state index is 0.0146. The average Bonchev–Trinajstić information content (AvgIpc) is 2.70. The highest BCUT2D eigenvalue weighted by Gasteiger charge is 2.45. The summed E-state index contributed by atoms with van der Waals surface area (Å²) in [7, 11) is 1.78. The van der Waals surface area contributed by atoms with Crippen LogP contribution in [0.2, 0.25) is 0 Å². The predicted molar refractivity (Wildman–Crippen MR) is 72.3 cm³/mol. The van der Waals surface area contributed by atoms with Gasteiger partial charge in [-0.05, 0) is 26.0 Å². The van der Waals surface area contributed by atoms with E-state index >= 15 is 0 Å². The van der Waals surface area contributed by atoms with Gasteiger partial charge in [0.1, 0.15) is 0 Å². The fourth-order valence-corrected chi connectivity index (χ4v) is 2.35. The van der Waals surface area contributed by atoms with Crippen molar-refractivity contribution in [2.45, 2.75) is 26.4 Å². The molecule has 1 aliphatic rings. The average molecular weight is 263 g/mol. The normalized spacial score (nSPS) is 26.4. The van der Waals surface area contributed by atoms with Gasteiger partial charge in [0.05, 0.1) is 30.9 Å². The summed E-state index contributed by atoms with van der Waals surface area (Å²) in [6.07, 6.45) is 0. The van der Waals surface area contributed by atoms with Gasteiger partial charge in [-0.3, -0.25) is 9.78 Å². The van der Waals surface area contributed by atoms with Crippen LogP contribution in [0.1, 0.15) is 18.3 Å². The Hall–Kier alpha value is -1.46. The van der Waals surface area contributed by atoms with E-state index in [0.717, 1.165) is 11.4 Å². The molecule has 104 valence electrons. The number of hydrogen-bond donors (Lipinski definition) is 1. The maximum absolute atomic E-state index is 12.5. The van der Waals surface area contributed by atoms with E-state index in [1.165, 1.54) is 0 Å². The number of aromatic nitrogens is 1. The first-order valence-electron chi connectivity index (χ1n) is 6.45. The standard InChI is InChI=1S/C14H21N3O2/c1-10-5-4-6-11(16-10)7-17(3)13(18)14(2)9-19-8-12(14)15/h4-6,12H,7-9,15H2,1-3H3. The Bertz CT molecular complexity index is 478. The number of carbonyl (C=O) groups excluding carboxylic acids is 1. The molecule has 0 bridgehead atoms. The van der Waals surface area contributed by atoms with Crippen LogP contribution in [0.3, 0.4) is 0 Å². The third-order valence-corrected chi connectivity index (χ3v) is 3.70. The van der Waals surface area contributed by atoms with Crippen LogP contribution < -0.4 is 5.73 Å².